The Balaban J connectivity index is 2.02. The van der Waals surface area contributed by atoms with Crippen LogP contribution in [0.25, 0.3) is 11.0 Å². The quantitative estimate of drug-likeness (QED) is 0.745. The van der Waals surface area contributed by atoms with Gasteiger partial charge in [-0.15, -0.1) is 0 Å². The summed E-state index contributed by atoms with van der Waals surface area (Å²) in [6, 6.07) is 8.19. The van der Waals surface area contributed by atoms with Gasteiger partial charge in [-0.1, -0.05) is 12.1 Å². The van der Waals surface area contributed by atoms with Crippen LogP contribution in [-0.2, 0) is 13.0 Å². The van der Waals surface area contributed by atoms with Gasteiger partial charge in [0.15, 0.2) is 0 Å². The molecule has 0 N–H and O–H groups in total. The van der Waals surface area contributed by atoms with E-state index in [4.69, 9.17) is 0 Å². The topological polar surface area (TPSA) is 43.6 Å². The average Bonchev–Trinajstić information content (AvgIpc) is 2.78. The molecule has 0 radical (unpaired) electrons. The largest absolute Gasteiger partial charge is 0.328 e. The van der Waals surface area contributed by atoms with Crippen LogP contribution in [-0.4, -0.2) is 19.5 Å². The Morgan fingerprint density at radius 1 is 1.16 bits per heavy atom. The van der Waals surface area contributed by atoms with Gasteiger partial charge in [-0.05, 0) is 35.0 Å². The second-order valence-corrected chi connectivity index (χ2v) is 5.08. The van der Waals surface area contributed by atoms with E-state index in [0.29, 0.717) is 6.42 Å². The standard InChI is InChI=1S/C14H13BrN4/c1-2-19-12-6-4-3-5-11(12)18-14(19)7-10-8-17-13(15)9-16-10/h3-6,8-9H,2,7H2,1H3. The fourth-order valence-corrected chi connectivity index (χ4v) is 2.41. The van der Waals surface area contributed by atoms with E-state index >= 15 is 0 Å². The van der Waals surface area contributed by atoms with Crippen molar-refractivity contribution in [3.63, 3.8) is 0 Å². The molecule has 0 atom stereocenters. The smallest absolute Gasteiger partial charge is 0.124 e. The molecule has 0 aliphatic rings. The van der Waals surface area contributed by atoms with Gasteiger partial charge in [0.1, 0.15) is 10.4 Å². The summed E-state index contributed by atoms with van der Waals surface area (Å²) in [5.74, 6) is 1.03. The molecule has 3 rings (SSSR count). The van der Waals surface area contributed by atoms with Crippen molar-refractivity contribution in [3.05, 3.63) is 52.8 Å². The number of rotatable bonds is 3. The summed E-state index contributed by atoms with van der Waals surface area (Å²) in [4.78, 5) is 13.2. The van der Waals surface area contributed by atoms with E-state index in [2.05, 4.69) is 48.4 Å². The lowest BCUT2D eigenvalue weighted by Crippen LogP contribution is -2.04. The number of halogens is 1. The van der Waals surface area contributed by atoms with Crippen molar-refractivity contribution in [3.8, 4) is 0 Å². The van der Waals surface area contributed by atoms with Crippen molar-refractivity contribution in [1.82, 2.24) is 19.5 Å². The number of aromatic nitrogens is 4. The molecule has 0 spiro atoms. The lowest BCUT2D eigenvalue weighted by molar-refractivity contribution is 0.727. The minimum absolute atomic E-state index is 0.697. The SMILES string of the molecule is CCn1c(Cc2cnc(Br)cn2)nc2ccccc21. The number of nitrogens with zero attached hydrogens (tertiary/aromatic N) is 4. The molecular weight excluding hydrogens is 304 g/mol. The monoisotopic (exact) mass is 316 g/mol. The fourth-order valence-electron chi connectivity index (χ4n) is 2.21. The molecule has 0 unspecified atom stereocenters. The number of hydrogen-bond donors (Lipinski definition) is 0. The summed E-state index contributed by atoms with van der Waals surface area (Å²) in [5, 5.41) is 0. The van der Waals surface area contributed by atoms with Crippen LogP contribution < -0.4 is 0 Å². The predicted molar refractivity (Wildman–Crippen MR) is 77.9 cm³/mol. The molecular formula is C14H13BrN4. The summed E-state index contributed by atoms with van der Waals surface area (Å²) in [6.07, 6.45) is 4.19. The molecule has 19 heavy (non-hydrogen) atoms. The van der Waals surface area contributed by atoms with Crippen LogP contribution in [0.15, 0.2) is 41.3 Å². The summed E-state index contributed by atoms with van der Waals surface area (Å²) in [7, 11) is 0. The Bertz CT molecular complexity index is 703. The Labute approximate surface area is 119 Å². The number of fused-ring (bicyclic) bond motifs is 1. The van der Waals surface area contributed by atoms with E-state index in [-0.39, 0.29) is 0 Å². The predicted octanol–water partition coefficient (Wildman–Crippen LogP) is 3.20. The van der Waals surface area contributed by atoms with Crippen LogP contribution in [0.3, 0.4) is 0 Å². The molecule has 0 amide bonds. The second-order valence-electron chi connectivity index (χ2n) is 4.27. The second kappa shape index (κ2) is 5.09. The molecule has 4 nitrogen and oxygen atoms in total. The van der Waals surface area contributed by atoms with Crippen molar-refractivity contribution in [2.75, 3.05) is 0 Å². The zero-order chi connectivity index (χ0) is 13.2. The van der Waals surface area contributed by atoms with E-state index in [0.717, 1.165) is 28.2 Å². The van der Waals surface area contributed by atoms with Gasteiger partial charge in [0.05, 0.1) is 29.1 Å². The highest BCUT2D eigenvalue weighted by molar-refractivity contribution is 9.10. The highest BCUT2D eigenvalue weighted by atomic mass is 79.9. The summed E-state index contributed by atoms with van der Waals surface area (Å²) < 4.78 is 2.97. The first-order chi connectivity index (χ1) is 9.28. The van der Waals surface area contributed by atoms with Gasteiger partial charge in [0.25, 0.3) is 0 Å². The summed E-state index contributed by atoms with van der Waals surface area (Å²) in [5.41, 5.74) is 3.13. The molecule has 0 fully saturated rings. The minimum atomic E-state index is 0.697. The Morgan fingerprint density at radius 2 is 2.00 bits per heavy atom. The summed E-state index contributed by atoms with van der Waals surface area (Å²) in [6.45, 7) is 3.03. The molecule has 3 aromatic rings. The fraction of sp³-hybridized carbons (Fsp3) is 0.214. The van der Waals surface area contributed by atoms with E-state index in [1.807, 2.05) is 18.2 Å². The first-order valence-electron chi connectivity index (χ1n) is 6.18. The van der Waals surface area contributed by atoms with E-state index in [9.17, 15) is 0 Å². The molecule has 5 heteroatoms. The Hall–Kier alpha value is -1.75. The molecule has 0 bridgehead atoms. The van der Waals surface area contributed by atoms with E-state index in [1.54, 1.807) is 12.4 Å². The lowest BCUT2D eigenvalue weighted by atomic mass is 10.3. The zero-order valence-electron chi connectivity index (χ0n) is 10.5. The van der Waals surface area contributed by atoms with Crippen LogP contribution >= 0.6 is 15.9 Å². The van der Waals surface area contributed by atoms with Crippen LogP contribution in [0.1, 0.15) is 18.4 Å². The summed E-state index contributed by atoms with van der Waals surface area (Å²) >= 11 is 3.29. The van der Waals surface area contributed by atoms with Crippen LogP contribution in [0, 0.1) is 0 Å². The van der Waals surface area contributed by atoms with Crippen LogP contribution in [0.5, 0.6) is 0 Å². The number of imidazole rings is 1. The number of para-hydroxylation sites is 2. The molecule has 2 aromatic heterocycles. The minimum Gasteiger partial charge on any atom is -0.328 e. The van der Waals surface area contributed by atoms with Crippen molar-refractivity contribution in [2.24, 2.45) is 0 Å². The van der Waals surface area contributed by atoms with Crippen LogP contribution in [0.2, 0.25) is 0 Å². The maximum Gasteiger partial charge on any atom is 0.124 e. The molecule has 0 saturated heterocycles. The van der Waals surface area contributed by atoms with E-state index in [1.165, 1.54) is 5.52 Å². The maximum absolute atomic E-state index is 4.68. The number of benzene rings is 1. The lowest BCUT2D eigenvalue weighted by Gasteiger charge is -2.05. The molecule has 2 heterocycles. The van der Waals surface area contributed by atoms with Gasteiger partial charge in [-0.25, -0.2) is 9.97 Å². The van der Waals surface area contributed by atoms with Crippen LogP contribution in [0.4, 0.5) is 0 Å². The molecule has 1 aromatic carbocycles. The number of aryl methyl sites for hydroxylation is 1. The third kappa shape index (κ3) is 2.38. The average molecular weight is 317 g/mol. The van der Waals surface area contributed by atoms with Crippen molar-refractivity contribution in [2.45, 2.75) is 19.9 Å². The number of hydrogen-bond acceptors (Lipinski definition) is 3. The molecule has 0 saturated carbocycles. The van der Waals surface area contributed by atoms with Gasteiger partial charge in [-0.2, -0.15) is 0 Å². The highest BCUT2D eigenvalue weighted by Crippen LogP contribution is 2.17. The first-order valence-corrected chi connectivity index (χ1v) is 6.98. The third-order valence-corrected chi connectivity index (χ3v) is 3.47. The van der Waals surface area contributed by atoms with Crippen molar-refractivity contribution in [1.29, 1.82) is 0 Å². The van der Waals surface area contributed by atoms with Gasteiger partial charge >= 0.3 is 0 Å². The Kier molecular flexibility index (Phi) is 3.29. The highest BCUT2D eigenvalue weighted by Gasteiger charge is 2.10. The maximum atomic E-state index is 4.68. The normalized spacial score (nSPS) is 11.1. The molecule has 0 aliphatic carbocycles. The van der Waals surface area contributed by atoms with Gasteiger partial charge in [0, 0.05) is 13.0 Å². The van der Waals surface area contributed by atoms with E-state index < -0.39 is 0 Å². The van der Waals surface area contributed by atoms with Gasteiger partial charge in [0.2, 0.25) is 0 Å². The van der Waals surface area contributed by atoms with Crippen molar-refractivity contribution >= 4 is 27.0 Å². The molecule has 0 aliphatic heterocycles. The van der Waals surface area contributed by atoms with Gasteiger partial charge < -0.3 is 4.57 Å². The first kappa shape index (κ1) is 12.3. The van der Waals surface area contributed by atoms with Crippen molar-refractivity contribution < 1.29 is 0 Å². The zero-order valence-corrected chi connectivity index (χ0v) is 12.1. The molecule has 96 valence electrons. The Morgan fingerprint density at radius 3 is 2.74 bits per heavy atom. The van der Waals surface area contributed by atoms with Gasteiger partial charge in [-0.3, -0.25) is 4.98 Å². The third-order valence-electron chi connectivity index (χ3n) is 3.06.